The summed E-state index contributed by atoms with van der Waals surface area (Å²) < 4.78 is 5.64. The van der Waals surface area contributed by atoms with Crippen molar-refractivity contribution in [1.29, 1.82) is 0 Å². The predicted octanol–water partition coefficient (Wildman–Crippen LogP) is 3.28. The first kappa shape index (κ1) is 12.6. The quantitative estimate of drug-likeness (QED) is 0.725. The third kappa shape index (κ3) is 2.48. The van der Waals surface area contributed by atoms with E-state index < -0.39 is 0 Å². The van der Waals surface area contributed by atoms with Gasteiger partial charge in [0.15, 0.2) is 4.77 Å². The summed E-state index contributed by atoms with van der Waals surface area (Å²) in [5.41, 5.74) is 2.07. The van der Waals surface area contributed by atoms with Crippen molar-refractivity contribution < 1.29 is 4.42 Å². The van der Waals surface area contributed by atoms with Gasteiger partial charge >= 0.3 is 0 Å². The molecule has 0 saturated carbocycles. The number of H-pyrrole nitrogens is 2. The smallest absolute Gasteiger partial charge is 0.255 e. The van der Waals surface area contributed by atoms with Gasteiger partial charge in [0.05, 0.1) is 12.0 Å². The van der Waals surface area contributed by atoms with E-state index in [1.807, 2.05) is 36.4 Å². The normalized spacial score (nSPS) is 10.6. The Morgan fingerprint density at radius 2 is 1.85 bits per heavy atom. The fraction of sp³-hybridized carbons (Fsp3) is 0.0667. The number of benzene rings is 1. The largest absolute Gasteiger partial charge is 0.469 e. The maximum atomic E-state index is 12.2. The molecule has 0 unspecified atom stereocenters. The van der Waals surface area contributed by atoms with Crippen LogP contribution in [0.4, 0.5) is 0 Å². The van der Waals surface area contributed by atoms with Gasteiger partial charge in [-0.25, -0.2) is 0 Å². The number of nitrogens with one attached hydrogen (secondary N) is 2. The monoisotopic (exact) mass is 284 g/mol. The Bertz CT molecular complexity index is 817. The zero-order valence-corrected chi connectivity index (χ0v) is 11.4. The summed E-state index contributed by atoms with van der Waals surface area (Å²) in [6.45, 7) is 0. The average molecular weight is 284 g/mol. The lowest BCUT2D eigenvalue weighted by atomic mass is 10.0. The molecule has 4 nitrogen and oxygen atoms in total. The lowest BCUT2D eigenvalue weighted by Crippen LogP contribution is -2.16. The van der Waals surface area contributed by atoms with E-state index in [1.54, 1.807) is 12.3 Å². The molecule has 2 heterocycles. The van der Waals surface area contributed by atoms with Crippen molar-refractivity contribution >= 4 is 12.2 Å². The number of hydrogen-bond donors (Lipinski definition) is 2. The molecular formula is C15H12N2O2S. The highest BCUT2D eigenvalue weighted by Crippen LogP contribution is 2.20. The van der Waals surface area contributed by atoms with E-state index in [4.69, 9.17) is 16.6 Å². The van der Waals surface area contributed by atoms with Crippen molar-refractivity contribution in [3.63, 3.8) is 0 Å². The van der Waals surface area contributed by atoms with Gasteiger partial charge in [-0.05, 0) is 29.9 Å². The Balaban J connectivity index is 2.18. The number of aromatic nitrogens is 2. The number of furan rings is 1. The minimum Gasteiger partial charge on any atom is -0.469 e. The molecule has 2 N–H and O–H groups in total. The summed E-state index contributed by atoms with van der Waals surface area (Å²) in [6.07, 6.45) is 2.01. The van der Waals surface area contributed by atoms with E-state index in [1.165, 1.54) is 0 Å². The zero-order chi connectivity index (χ0) is 13.9. The first-order valence-electron chi connectivity index (χ1n) is 6.17. The zero-order valence-electron chi connectivity index (χ0n) is 10.6. The molecule has 0 amide bonds. The molecule has 5 heteroatoms. The molecule has 0 fully saturated rings. The van der Waals surface area contributed by atoms with Gasteiger partial charge in [0.1, 0.15) is 5.76 Å². The van der Waals surface area contributed by atoms with Crippen LogP contribution in [0.15, 0.2) is 57.9 Å². The molecule has 0 aliphatic carbocycles. The summed E-state index contributed by atoms with van der Waals surface area (Å²) >= 11 is 5.06. The van der Waals surface area contributed by atoms with Gasteiger partial charge in [-0.3, -0.25) is 9.78 Å². The van der Waals surface area contributed by atoms with Crippen LogP contribution < -0.4 is 5.56 Å². The van der Waals surface area contributed by atoms with E-state index >= 15 is 0 Å². The van der Waals surface area contributed by atoms with Gasteiger partial charge in [0.2, 0.25) is 0 Å². The molecule has 3 aromatic rings. The van der Waals surface area contributed by atoms with Gasteiger partial charge in [0, 0.05) is 12.0 Å². The fourth-order valence-corrected chi connectivity index (χ4v) is 2.31. The molecular weight excluding hydrogens is 272 g/mol. The SMILES string of the molecule is O=c1[nH]c(=S)[nH]c(-c2ccccc2)c1Cc1ccco1. The van der Waals surface area contributed by atoms with Crippen LogP contribution in [0.1, 0.15) is 11.3 Å². The van der Waals surface area contributed by atoms with Crippen LogP contribution >= 0.6 is 12.2 Å². The Kier molecular flexibility index (Phi) is 3.35. The Labute approximate surface area is 120 Å². The first-order valence-corrected chi connectivity index (χ1v) is 6.58. The average Bonchev–Trinajstić information content (AvgIpc) is 2.95. The third-order valence-electron chi connectivity index (χ3n) is 3.04. The maximum absolute atomic E-state index is 12.2. The van der Waals surface area contributed by atoms with Gasteiger partial charge < -0.3 is 9.40 Å². The number of rotatable bonds is 3. The van der Waals surface area contributed by atoms with Crippen molar-refractivity contribution in [2.75, 3.05) is 0 Å². The summed E-state index contributed by atoms with van der Waals surface area (Å²) in [5.74, 6) is 0.734. The van der Waals surface area contributed by atoms with Gasteiger partial charge in [-0.15, -0.1) is 0 Å². The van der Waals surface area contributed by atoms with Crippen LogP contribution in [-0.2, 0) is 6.42 Å². The van der Waals surface area contributed by atoms with Crippen LogP contribution in [0.25, 0.3) is 11.3 Å². The third-order valence-corrected chi connectivity index (χ3v) is 3.24. The summed E-state index contributed by atoms with van der Waals surface area (Å²) in [5, 5.41) is 0. The molecule has 2 aromatic heterocycles. The van der Waals surface area contributed by atoms with Crippen LogP contribution in [0.2, 0.25) is 0 Å². The molecule has 100 valence electrons. The van der Waals surface area contributed by atoms with E-state index in [0.717, 1.165) is 17.0 Å². The van der Waals surface area contributed by atoms with Crippen molar-refractivity contribution in [1.82, 2.24) is 9.97 Å². The van der Waals surface area contributed by atoms with Gasteiger partial charge in [-0.2, -0.15) is 0 Å². The van der Waals surface area contributed by atoms with Crippen molar-refractivity contribution in [3.8, 4) is 11.3 Å². The van der Waals surface area contributed by atoms with E-state index in [9.17, 15) is 4.79 Å². The van der Waals surface area contributed by atoms with Crippen LogP contribution in [-0.4, -0.2) is 9.97 Å². The standard InChI is InChI=1S/C15H12N2O2S/c18-14-12(9-11-7-4-8-19-11)13(16-15(20)17-14)10-5-2-1-3-6-10/h1-8H,9H2,(H2,16,17,18,20). The van der Waals surface area contributed by atoms with Crippen LogP contribution in [0.3, 0.4) is 0 Å². The Hall–Kier alpha value is -2.40. The molecule has 3 rings (SSSR count). The van der Waals surface area contributed by atoms with E-state index in [-0.39, 0.29) is 5.56 Å². The molecule has 20 heavy (non-hydrogen) atoms. The molecule has 0 spiro atoms. The van der Waals surface area contributed by atoms with Gasteiger partial charge in [0.25, 0.3) is 5.56 Å². The number of hydrogen-bond acceptors (Lipinski definition) is 3. The molecule has 1 aromatic carbocycles. The van der Waals surface area contributed by atoms with E-state index in [0.29, 0.717) is 16.8 Å². The molecule has 0 radical (unpaired) electrons. The topological polar surface area (TPSA) is 61.8 Å². The minimum atomic E-state index is -0.191. The highest BCUT2D eigenvalue weighted by Gasteiger charge is 2.12. The Morgan fingerprint density at radius 1 is 1.05 bits per heavy atom. The Morgan fingerprint density at radius 3 is 2.55 bits per heavy atom. The lowest BCUT2D eigenvalue weighted by Gasteiger charge is -2.07. The molecule has 0 aliphatic rings. The maximum Gasteiger partial charge on any atom is 0.255 e. The highest BCUT2D eigenvalue weighted by molar-refractivity contribution is 7.71. The van der Waals surface area contributed by atoms with Crippen LogP contribution in [0, 0.1) is 4.77 Å². The van der Waals surface area contributed by atoms with Crippen molar-refractivity contribution in [2.24, 2.45) is 0 Å². The first-order chi connectivity index (χ1) is 9.74. The second-order valence-corrected chi connectivity index (χ2v) is 4.79. The highest BCUT2D eigenvalue weighted by atomic mass is 32.1. The predicted molar refractivity (Wildman–Crippen MR) is 79.2 cm³/mol. The molecule has 0 saturated heterocycles. The minimum absolute atomic E-state index is 0.191. The fourth-order valence-electron chi connectivity index (χ4n) is 2.12. The molecule has 0 bridgehead atoms. The number of aromatic amines is 2. The summed E-state index contributed by atoms with van der Waals surface area (Å²) in [6, 6.07) is 13.3. The van der Waals surface area contributed by atoms with Gasteiger partial charge in [-0.1, -0.05) is 30.3 Å². The van der Waals surface area contributed by atoms with Crippen molar-refractivity contribution in [2.45, 2.75) is 6.42 Å². The van der Waals surface area contributed by atoms with E-state index in [2.05, 4.69) is 9.97 Å². The summed E-state index contributed by atoms with van der Waals surface area (Å²) in [7, 11) is 0. The second-order valence-electron chi connectivity index (χ2n) is 4.38. The summed E-state index contributed by atoms with van der Waals surface area (Å²) in [4.78, 5) is 17.9. The lowest BCUT2D eigenvalue weighted by molar-refractivity contribution is 0.520. The molecule has 0 aliphatic heterocycles. The van der Waals surface area contributed by atoms with Crippen molar-refractivity contribution in [3.05, 3.63) is 75.2 Å². The second kappa shape index (κ2) is 5.30. The van der Waals surface area contributed by atoms with Crippen LogP contribution in [0.5, 0.6) is 0 Å². The molecule has 0 atom stereocenters.